The summed E-state index contributed by atoms with van der Waals surface area (Å²) in [4.78, 5) is 28.5. The number of hydrogen-bond acceptors (Lipinski definition) is 8. The van der Waals surface area contributed by atoms with Crippen LogP contribution in [0.25, 0.3) is 10.9 Å². The van der Waals surface area contributed by atoms with Gasteiger partial charge in [-0.1, -0.05) is 70.7 Å². The molecular weight excluding hydrogens is 639 g/mol. The number of benzene rings is 2. The van der Waals surface area contributed by atoms with Gasteiger partial charge in [0.05, 0.1) is 24.3 Å². The number of aliphatic hydroxyl groups is 1. The number of unbranched alkanes of at least 4 members (excludes halogenated alkanes) is 3. The first kappa shape index (κ1) is 38.0. The maximum absolute atomic E-state index is 13.2. The Bertz CT molecular complexity index is 1620. The van der Waals surface area contributed by atoms with Crippen LogP contribution in [0.15, 0.2) is 70.8 Å². The van der Waals surface area contributed by atoms with Gasteiger partial charge in [0.2, 0.25) is 5.56 Å². The minimum absolute atomic E-state index is 0.0199. The summed E-state index contributed by atoms with van der Waals surface area (Å²) in [5.41, 5.74) is 1.64. The number of amides is 1. The molecule has 2 heterocycles. The number of hydrogen-bond donors (Lipinski definition) is 5. The first-order valence-electron chi connectivity index (χ1n) is 17.8. The summed E-state index contributed by atoms with van der Waals surface area (Å²) < 4.78 is 12.1. The zero-order chi connectivity index (χ0) is 35.0. The second kappa shape index (κ2) is 20.0. The van der Waals surface area contributed by atoms with E-state index in [2.05, 4.69) is 36.4 Å². The lowest BCUT2D eigenvalue weighted by atomic mass is 9.91. The molecule has 4 rings (SSSR count). The van der Waals surface area contributed by atoms with E-state index in [-0.39, 0.29) is 29.5 Å². The Labute approximate surface area is 294 Å². The number of phenols is 1. The van der Waals surface area contributed by atoms with Crippen LogP contribution in [0.1, 0.15) is 107 Å². The second-order valence-corrected chi connectivity index (χ2v) is 13.6. The quantitative estimate of drug-likeness (QED) is 0.0555. The highest BCUT2D eigenvalue weighted by Crippen LogP contribution is 2.30. The first-order valence-corrected chi connectivity index (χ1v) is 18.7. The van der Waals surface area contributed by atoms with Gasteiger partial charge in [-0.05, 0) is 91.4 Å². The molecule has 0 aliphatic carbocycles. The Kier molecular flexibility index (Phi) is 15.5. The van der Waals surface area contributed by atoms with Gasteiger partial charge in [0.1, 0.15) is 17.6 Å². The Morgan fingerprint density at radius 3 is 2.49 bits per heavy atom. The lowest BCUT2D eigenvalue weighted by Crippen LogP contribution is -2.35. The van der Waals surface area contributed by atoms with Crippen LogP contribution in [0, 0.1) is 5.92 Å². The molecule has 266 valence electrons. The molecule has 0 aliphatic heterocycles. The van der Waals surface area contributed by atoms with E-state index in [1.807, 2.05) is 41.8 Å². The number of H-pyrrole nitrogens is 1. The monoisotopic (exact) mass is 691 g/mol. The molecular formula is C39H53N3O6S. The van der Waals surface area contributed by atoms with Gasteiger partial charge in [-0.2, -0.15) is 0 Å². The van der Waals surface area contributed by atoms with Gasteiger partial charge >= 0.3 is 6.09 Å². The van der Waals surface area contributed by atoms with Crippen molar-refractivity contribution in [2.24, 2.45) is 5.92 Å². The number of aliphatic hydroxyl groups excluding tert-OH is 1. The summed E-state index contributed by atoms with van der Waals surface area (Å²) >= 11 is 1.60. The number of alkyl carbamates (subject to hydrolysis) is 1. The van der Waals surface area contributed by atoms with Crippen molar-refractivity contribution in [2.45, 2.75) is 96.8 Å². The van der Waals surface area contributed by atoms with Gasteiger partial charge in [-0.3, -0.25) is 4.79 Å². The van der Waals surface area contributed by atoms with Gasteiger partial charge in [0, 0.05) is 22.9 Å². The van der Waals surface area contributed by atoms with Crippen LogP contribution in [-0.2, 0) is 4.74 Å². The van der Waals surface area contributed by atoms with Gasteiger partial charge in [-0.25, -0.2) is 4.79 Å². The van der Waals surface area contributed by atoms with Crippen molar-refractivity contribution in [3.63, 3.8) is 0 Å². The van der Waals surface area contributed by atoms with E-state index in [1.165, 1.54) is 12.1 Å². The normalized spacial score (nSPS) is 13.3. The van der Waals surface area contributed by atoms with E-state index in [4.69, 9.17) is 9.47 Å². The zero-order valence-electron chi connectivity index (χ0n) is 29.1. The van der Waals surface area contributed by atoms with Crippen LogP contribution in [0.3, 0.4) is 0 Å². The number of aromatic nitrogens is 1. The van der Waals surface area contributed by atoms with Crippen molar-refractivity contribution in [2.75, 3.05) is 19.7 Å². The molecule has 0 spiro atoms. The van der Waals surface area contributed by atoms with E-state index >= 15 is 0 Å². The SMILES string of the molecule is CCCC(CCC)[C@H](CC)OC(=O)NC(c1cccc(OCCCCCCNC[C@H](O)c2ccc(O)c3[nH]c(=O)ccc23)c1)c1cccs1. The summed E-state index contributed by atoms with van der Waals surface area (Å²) in [6, 6.07) is 17.8. The fourth-order valence-electron chi connectivity index (χ4n) is 6.41. The summed E-state index contributed by atoms with van der Waals surface area (Å²) in [7, 11) is 0. The van der Waals surface area contributed by atoms with E-state index in [9.17, 15) is 19.8 Å². The van der Waals surface area contributed by atoms with Gasteiger partial charge in [0.15, 0.2) is 0 Å². The van der Waals surface area contributed by atoms with Gasteiger partial charge in [0.25, 0.3) is 0 Å². The molecule has 10 heteroatoms. The number of aromatic hydroxyl groups is 1. The topological polar surface area (TPSA) is 133 Å². The summed E-state index contributed by atoms with van der Waals surface area (Å²) in [6.45, 7) is 8.18. The number of carbonyl (C=O) groups excluding carboxylic acids is 1. The third kappa shape index (κ3) is 11.3. The van der Waals surface area contributed by atoms with Crippen LogP contribution in [-0.4, -0.2) is 47.1 Å². The highest BCUT2D eigenvalue weighted by molar-refractivity contribution is 7.10. The fourth-order valence-corrected chi connectivity index (χ4v) is 7.21. The molecule has 9 nitrogen and oxygen atoms in total. The van der Waals surface area contributed by atoms with E-state index in [0.29, 0.717) is 35.5 Å². The number of carbonyl (C=O) groups is 1. The Balaban J connectivity index is 1.20. The number of thiophene rings is 1. The highest BCUT2D eigenvalue weighted by atomic mass is 32.1. The van der Waals surface area contributed by atoms with Gasteiger partial charge in [-0.15, -0.1) is 11.3 Å². The number of rotatable bonds is 21. The lowest BCUT2D eigenvalue weighted by Gasteiger charge is -2.27. The van der Waals surface area contributed by atoms with Crippen LogP contribution in [0.4, 0.5) is 4.79 Å². The molecule has 0 bridgehead atoms. The molecule has 2 aromatic carbocycles. The number of ether oxygens (including phenoxy) is 2. The standard InChI is InChI=1S/C39H53N3O6S/c1-4-13-27(14-5-2)34(6-3)48-39(46)42-37(35-17-12-24-49-35)28-15-11-16-29(25-28)47-23-10-8-7-9-22-40-26-33(44)30-18-20-32(43)38-31(30)19-21-36(45)41-38/h11-12,15-21,24-25,27,33-34,37,40,43-44H,4-10,13-14,22-23,26H2,1-3H3,(H,41,45)(H,42,46)/t33-,34-,37?/m0/s1. The Morgan fingerprint density at radius 1 is 0.959 bits per heavy atom. The summed E-state index contributed by atoms with van der Waals surface area (Å²) in [5.74, 6) is 1.13. The molecule has 4 aromatic rings. The molecule has 1 unspecified atom stereocenters. The molecule has 0 saturated carbocycles. The maximum atomic E-state index is 13.2. The van der Waals surface area contributed by atoms with Gasteiger partial charge < -0.3 is 35.3 Å². The maximum Gasteiger partial charge on any atom is 0.408 e. The third-order valence-corrected chi connectivity index (χ3v) is 9.84. The van der Waals surface area contributed by atoms with Crippen LogP contribution in [0.2, 0.25) is 0 Å². The van der Waals surface area contributed by atoms with Crippen LogP contribution in [0.5, 0.6) is 11.5 Å². The Morgan fingerprint density at radius 2 is 1.76 bits per heavy atom. The van der Waals surface area contributed by atoms with E-state index in [1.54, 1.807) is 23.5 Å². The zero-order valence-corrected chi connectivity index (χ0v) is 29.9. The molecule has 5 N–H and O–H groups in total. The van der Waals surface area contributed by atoms with Crippen molar-refractivity contribution in [1.29, 1.82) is 0 Å². The average molecular weight is 692 g/mol. The highest BCUT2D eigenvalue weighted by Gasteiger charge is 2.25. The summed E-state index contributed by atoms with van der Waals surface area (Å²) in [5, 5.41) is 29.9. The third-order valence-electron chi connectivity index (χ3n) is 8.91. The van der Waals surface area contributed by atoms with E-state index < -0.39 is 6.10 Å². The van der Waals surface area contributed by atoms with Crippen LogP contribution >= 0.6 is 11.3 Å². The predicted octanol–water partition coefficient (Wildman–Crippen LogP) is 8.37. The molecule has 0 aliphatic rings. The predicted molar refractivity (Wildman–Crippen MR) is 198 cm³/mol. The van der Waals surface area contributed by atoms with Crippen LogP contribution < -0.4 is 20.9 Å². The van der Waals surface area contributed by atoms with Crippen molar-refractivity contribution in [3.05, 3.63) is 92.4 Å². The molecule has 1 amide bonds. The number of pyridine rings is 1. The molecule has 2 aromatic heterocycles. The average Bonchev–Trinajstić information content (AvgIpc) is 3.64. The molecule has 0 saturated heterocycles. The minimum atomic E-state index is -0.768. The number of phenolic OH excluding ortho intramolecular Hbond substituents is 1. The second-order valence-electron chi connectivity index (χ2n) is 12.6. The largest absolute Gasteiger partial charge is 0.506 e. The van der Waals surface area contributed by atoms with E-state index in [0.717, 1.165) is 80.5 Å². The van der Waals surface area contributed by atoms with Crippen molar-refractivity contribution < 1.29 is 24.5 Å². The first-order chi connectivity index (χ1) is 23.8. The smallest absolute Gasteiger partial charge is 0.408 e. The number of nitrogens with one attached hydrogen (secondary N) is 3. The number of fused-ring (bicyclic) bond motifs is 1. The van der Waals surface area contributed by atoms with Crippen molar-refractivity contribution in [1.82, 2.24) is 15.6 Å². The Hall–Kier alpha value is -3.86. The fraction of sp³-hybridized carbons (Fsp3) is 0.487. The lowest BCUT2D eigenvalue weighted by molar-refractivity contribution is 0.0510. The molecule has 0 fully saturated rings. The minimum Gasteiger partial charge on any atom is -0.506 e. The van der Waals surface area contributed by atoms with Crippen molar-refractivity contribution in [3.8, 4) is 11.5 Å². The summed E-state index contributed by atoms with van der Waals surface area (Å²) in [6.07, 6.45) is 7.73. The molecule has 3 atom stereocenters. The molecule has 0 radical (unpaired) electrons. The number of aromatic amines is 1. The van der Waals surface area contributed by atoms with Crippen molar-refractivity contribution >= 4 is 28.3 Å². The molecule has 49 heavy (non-hydrogen) atoms.